The minimum absolute atomic E-state index is 0.0419. The Kier molecular flexibility index (Phi) is 9.94. The van der Waals surface area contributed by atoms with Gasteiger partial charge in [-0.15, -0.1) is 0 Å². The lowest BCUT2D eigenvalue weighted by Crippen LogP contribution is -2.54. The SMILES string of the molecule is COc1ccc(N(C)C(=O)[C@@H](NC(=O)NS(=O)(=O)Nc2ccc(S(=O)(=O)N3CCCC3)cc2)[C@H](C)c2ccccc2)cc1. The summed E-state index contributed by atoms with van der Waals surface area (Å²) in [6, 6.07) is 18.8. The monoisotopic (exact) mass is 629 g/mol. The zero-order chi connectivity index (χ0) is 31.2. The van der Waals surface area contributed by atoms with Crippen molar-refractivity contribution in [2.45, 2.75) is 36.6 Å². The van der Waals surface area contributed by atoms with Crippen molar-refractivity contribution in [3.8, 4) is 5.75 Å². The maximum absolute atomic E-state index is 13.6. The first-order chi connectivity index (χ1) is 20.4. The highest BCUT2D eigenvalue weighted by molar-refractivity contribution is 7.91. The Balaban J connectivity index is 1.47. The van der Waals surface area contributed by atoms with Crippen LogP contribution in [0.5, 0.6) is 5.75 Å². The van der Waals surface area contributed by atoms with E-state index in [1.165, 1.54) is 40.6 Å². The van der Waals surface area contributed by atoms with Gasteiger partial charge in [-0.3, -0.25) is 9.52 Å². The van der Waals surface area contributed by atoms with E-state index in [-0.39, 0.29) is 10.6 Å². The number of carbonyl (C=O) groups is 2. The molecule has 14 heteroatoms. The molecule has 1 saturated heterocycles. The van der Waals surface area contributed by atoms with Crippen molar-refractivity contribution in [3.63, 3.8) is 0 Å². The minimum atomic E-state index is -4.45. The van der Waals surface area contributed by atoms with Crippen molar-refractivity contribution in [3.05, 3.63) is 84.4 Å². The molecule has 1 heterocycles. The molecule has 2 atom stereocenters. The van der Waals surface area contributed by atoms with Crippen LogP contribution in [0.4, 0.5) is 16.2 Å². The van der Waals surface area contributed by atoms with Crippen LogP contribution < -0.4 is 24.4 Å². The average Bonchev–Trinajstić information content (AvgIpc) is 3.55. The van der Waals surface area contributed by atoms with Gasteiger partial charge in [-0.05, 0) is 66.9 Å². The maximum atomic E-state index is 13.6. The molecule has 0 spiro atoms. The molecule has 1 fully saturated rings. The fraction of sp³-hybridized carbons (Fsp3) is 0.310. The number of urea groups is 1. The van der Waals surface area contributed by atoms with Gasteiger partial charge in [-0.25, -0.2) is 17.9 Å². The second kappa shape index (κ2) is 13.4. The summed E-state index contributed by atoms with van der Waals surface area (Å²) in [4.78, 5) is 28.0. The number of hydrogen-bond acceptors (Lipinski definition) is 7. The van der Waals surface area contributed by atoms with Crippen LogP contribution >= 0.6 is 0 Å². The summed E-state index contributed by atoms with van der Waals surface area (Å²) in [5.74, 6) is -0.394. The second-order valence-electron chi connectivity index (χ2n) is 10.1. The molecule has 3 aromatic carbocycles. The Bertz CT molecular complexity index is 1630. The molecule has 3 aromatic rings. The van der Waals surface area contributed by atoms with Gasteiger partial charge in [0.25, 0.3) is 0 Å². The summed E-state index contributed by atoms with van der Waals surface area (Å²) in [6.07, 6.45) is 1.58. The van der Waals surface area contributed by atoms with Crippen LogP contribution in [0.15, 0.2) is 83.8 Å². The zero-order valence-electron chi connectivity index (χ0n) is 24.1. The fourth-order valence-corrected chi connectivity index (χ4v) is 7.05. The van der Waals surface area contributed by atoms with Gasteiger partial charge in [0, 0.05) is 31.7 Å². The van der Waals surface area contributed by atoms with Gasteiger partial charge >= 0.3 is 16.2 Å². The average molecular weight is 630 g/mol. The molecular weight excluding hydrogens is 594 g/mol. The van der Waals surface area contributed by atoms with E-state index in [4.69, 9.17) is 4.74 Å². The van der Waals surface area contributed by atoms with Crippen LogP contribution in [-0.2, 0) is 25.0 Å². The third kappa shape index (κ3) is 7.83. The Morgan fingerprint density at radius 2 is 1.49 bits per heavy atom. The van der Waals surface area contributed by atoms with Gasteiger partial charge in [0.05, 0.1) is 17.7 Å². The van der Waals surface area contributed by atoms with Crippen molar-refractivity contribution in [1.82, 2.24) is 14.3 Å². The number of carbonyl (C=O) groups excluding carboxylic acids is 2. The van der Waals surface area contributed by atoms with Crippen LogP contribution in [0.25, 0.3) is 0 Å². The maximum Gasteiger partial charge on any atom is 0.330 e. The molecule has 0 bridgehead atoms. The molecule has 43 heavy (non-hydrogen) atoms. The smallest absolute Gasteiger partial charge is 0.330 e. The first kappa shape index (κ1) is 31.8. The van der Waals surface area contributed by atoms with Crippen LogP contribution in [0.1, 0.15) is 31.2 Å². The molecule has 230 valence electrons. The number of amides is 3. The number of sulfonamides is 1. The zero-order valence-corrected chi connectivity index (χ0v) is 25.7. The number of benzene rings is 3. The third-order valence-corrected chi connectivity index (χ3v) is 10.1. The standard InChI is InChI=1S/C29H35N5O7S2/c1-21(22-9-5-4-6-10-22)27(28(35)33(2)24-13-15-25(41-3)16-14-24)30-29(36)32-43(39,40)31-23-11-17-26(18-12-23)42(37,38)34-19-7-8-20-34/h4-6,9-18,21,27,31H,7-8,19-20H2,1-3H3,(H2,30,32,36)/t21-,27+/m1/s1. The topological polar surface area (TPSA) is 154 Å². The molecule has 0 unspecified atom stereocenters. The van der Waals surface area contributed by atoms with Crippen LogP contribution in [0.2, 0.25) is 0 Å². The highest BCUT2D eigenvalue weighted by atomic mass is 32.2. The van der Waals surface area contributed by atoms with Gasteiger partial charge in [0.2, 0.25) is 15.9 Å². The van der Waals surface area contributed by atoms with Gasteiger partial charge < -0.3 is 15.0 Å². The Morgan fingerprint density at radius 3 is 2.07 bits per heavy atom. The first-order valence-electron chi connectivity index (χ1n) is 13.6. The number of likely N-dealkylation sites (N-methyl/N-ethyl adjacent to an activating group) is 1. The molecule has 1 aliphatic rings. The predicted molar refractivity (Wildman–Crippen MR) is 164 cm³/mol. The molecule has 0 radical (unpaired) electrons. The second-order valence-corrected chi connectivity index (χ2v) is 13.4. The summed E-state index contributed by atoms with van der Waals surface area (Å²) in [7, 11) is -5.03. The number of hydrogen-bond donors (Lipinski definition) is 3. The van der Waals surface area contributed by atoms with E-state index in [0.29, 0.717) is 24.5 Å². The molecule has 0 aliphatic carbocycles. The van der Waals surface area contributed by atoms with E-state index in [1.807, 2.05) is 22.9 Å². The molecule has 0 aromatic heterocycles. The van der Waals surface area contributed by atoms with Crippen LogP contribution in [0.3, 0.4) is 0 Å². The highest BCUT2D eigenvalue weighted by Crippen LogP contribution is 2.25. The van der Waals surface area contributed by atoms with Gasteiger partial charge in [0.1, 0.15) is 11.8 Å². The normalized spacial score (nSPS) is 15.2. The molecule has 3 N–H and O–H groups in total. The summed E-state index contributed by atoms with van der Waals surface area (Å²) < 4.78 is 61.7. The highest BCUT2D eigenvalue weighted by Gasteiger charge is 2.32. The summed E-state index contributed by atoms with van der Waals surface area (Å²) in [5.41, 5.74) is 1.35. The predicted octanol–water partition coefficient (Wildman–Crippen LogP) is 3.27. The molecule has 4 rings (SSSR count). The Labute approximate surface area is 252 Å². The quantitative estimate of drug-likeness (QED) is 0.294. The number of methoxy groups -OCH3 is 1. The minimum Gasteiger partial charge on any atom is -0.497 e. The lowest BCUT2D eigenvalue weighted by atomic mass is 9.92. The van der Waals surface area contributed by atoms with E-state index < -0.39 is 44.1 Å². The molecular formula is C29H35N5O7S2. The molecule has 12 nitrogen and oxygen atoms in total. The first-order valence-corrected chi connectivity index (χ1v) is 16.5. The lowest BCUT2D eigenvalue weighted by Gasteiger charge is -2.29. The van der Waals surface area contributed by atoms with E-state index in [9.17, 15) is 26.4 Å². The molecule has 0 saturated carbocycles. The van der Waals surface area contributed by atoms with Crippen LogP contribution in [-0.4, -0.2) is 66.4 Å². The van der Waals surface area contributed by atoms with E-state index >= 15 is 0 Å². The van der Waals surface area contributed by atoms with Crippen molar-refractivity contribution in [2.75, 3.05) is 36.9 Å². The van der Waals surface area contributed by atoms with Gasteiger partial charge in [-0.2, -0.15) is 12.7 Å². The van der Waals surface area contributed by atoms with Crippen molar-refractivity contribution in [2.24, 2.45) is 0 Å². The number of rotatable bonds is 11. The molecule has 1 aliphatic heterocycles. The van der Waals surface area contributed by atoms with Crippen LogP contribution in [0, 0.1) is 0 Å². The fourth-order valence-electron chi connectivity index (χ4n) is 4.74. The van der Waals surface area contributed by atoms with E-state index in [0.717, 1.165) is 18.4 Å². The lowest BCUT2D eigenvalue weighted by molar-refractivity contribution is -0.120. The molecule has 3 amide bonds. The largest absolute Gasteiger partial charge is 0.497 e. The summed E-state index contributed by atoms with van der Waals surface area (Å²) in [5, 5.41) is 2.52. The van der Waals surface area contributed by atoms with Gasteiger partial charge in [0.15, 0.2) is 0 Å². The summed E-state index contributed by atoms with van der Waals surface area (Å²) in [6.45, 7) is 2.64. The van der Waals surface area contributed by atoms with E-state index in [1.54, 1.807) is 50.4 Å². The Hall–Kier alpha value is -4.14. The van der Waals surface area contributed by atoms with E-state index in [2.05, 4.69) is 10.0 Å². The summed E-state index contributed by atoms with van der Waals surface area (Å²) >= 11 is 0. The number of nitrogens with one attached hydrogen (secondary N) is 3. The van der Waals surface area contributed by atoms with Crippen molar-refractivity contribution >= 4 is 43.5 Å². The number of nitrogens with zero attached hydrogens (tertiary/aromatic N) is 2. The Morgan fingerprint density at radius 1 is 0.884 bits per heavy atom. The number of ether oxygens (including phenoxy) is 1. The number of anilines is 2. The van der Waals surface area contributed by atoms with Crippen molar-refractivity contribution in [1.29, 1.82) is 0 Å². The third-order valence-electron chi connectivity index (χ3n) is 7.20. The van der Waals surface area contributed by atoms with Gasteiger partial charge in [-0.1, -0.05) is 37.3 Å². The van der Waals surface area contributed by atoms with Crippen molar-refractivity contribution < 1.29 is 31.2 Å².